The fourth-order valence-corrected chi connectivity index (χ4v) is 4.35. The van der Waals surface area contributed by atoms with Gasteiger partial charge in [0.15, 0.2) is 5.65 Å². The molecule has 152 valence electrons. The van der Waals surface area contributed by atoms with Crippen LogP contribution in [-0.4, -0.2) is 35.9 Å². The van der Waals surface area contributed by atoms with E-state index in [4.69, 9.17) is 16.9 Å². The molecule has 0 bridgehead atoms. The van der Waals surface area contributed by atoms with E-state index >= 15 is 0 Å². The minimum Gasteiger partial charge on any atom is -0.405 e. The molecule has 0 aromatic carbocycles. The lowest BCUT2D eigenvalue weighted by atomic mass is 10.3. The van der Waals surface area contributed by atoms with Crippen molar-refractivity contribution in [3.63, 3.8) is 0 Å². The van der Waals surface area contributed by atoms with Crippen LogP contribution < -0.4 is 17.0 Å². The van der Waals surface area contributed by atoms with E-state index in [0.29, 0.717) is 34.4 Å². The summed E-state index contributed by atoms with van der Waals surface area (Å²) >= 11 is 1.43. The van der Waals surface area contributed by atoms with Gasteiger partial charge in [-0.15, -0.1) is 11.3 Å². The molecule has 0 radical (unpaired) electrons. The molecule has 10 nitrogen and oxygen atoms in total. The highest BCUT2D eigenvalue weighted by atomic mass is 32.1. The molecule has 0 unspecified atom stereocenters. The minimum absolute atomic E-state index is 0.107. The minimum atomic E-state index is -0.632. The Balaban J connectivity index is 1.75. The van der Waals surface area contributed by atoms with Gasteiger partial charge in [-0.1, -0.05) is 6.07 Å². The highest BCUT2D eigenvalue weighted by Gasteiger charge is 2.18. The zero-order chi connectivity index (χ0) is 21.4. The van der Waals surface area contributed by atoms with Crippen LogP contribution in [0.25, 0.3) is 21.3 Å². The van der Waals surface area contributed by atoms with Gasteiger partial charge < -0.3 is 21.4 Å². The maximum absolute atomic E-state index is 13.1. The number of nitrogens with two attached hydrogens (primary N) is 2. The van der Waals surface area contributed by atoms with Crippen LogP contribution >= 0.6 is 11.3 Å². The second-order valence-electron chi connectivity index (χ2n) is 6.63. The van der Waals surface area contributed by atoms with Crippen molar-refractivity contribution in [3.8, 4) is 0 Å². The van der Waals surface area contributed by atoms with E-state index in [-0.39, 0.29) is 17.8 Å². The zero-order valence-electron chi connectivity index (χ0n) is 16.0. The van der Waals surface area contributed by atoms with Crippen LogP contribution in [0, 0.1) is 5.41 Å². The molecular weight excluding hydrogens is 404 g/mol. The molecule has 30 heavy (non-hydrogen) atoms. The summed E-state index contributed by atoms with van der Waals surface area (Å²) in [6, 6.07) is 4.88. The molecule has 0 fully saturated rings. The van der Waals surface area contributed by atoms with Gasteiger partial charge >= 0.3 is 0 Å². The smallest absolute Gasteiger partial charge is 0.291 e. The molecule has 4 rings (SSSR count). The van der Waals surface area contributed by atoms with Crippen LogP contribution in [0.2, 0.25) is 0 Å². The lowest BCUT2D eigenvalue weighted by molar-refractivity contribution is 0.0995. The number of allylic oxidation sites excluding steroid dienone is 1. The third kappa shape index (κ3) is 3.35. The second-order valence-corrected chi connectivity index (χ2v) is 7.71. The van der Waals surface area contributed by atoms with Crippen LogP contribution in [0.15, 0.2) is 41.5 Å². The van der Waals surface area contributed by atoms with Gasteiger partial charge in [0, 0.05) is 24.6 Å². The van der Waals surface area contributed by atoms with E-state index in [1.807, 2.05) is 0 Å². The normalized spacial score (nSPS) is 11.6. The summed E-state index contributed by atoms with van der Waals surface area (Å²) in [6.07, 6.45) is 4.84. The largest absolute Gasteiger partial charge is 0.405 e. The van der Waals surface area contributed by atoms with Crippen LogP contribution in [0.3, 0.4) is 0 Å². The van der Waals surface area contributed by atoms with Crippen molar-refractivity contribution in [3.05, 3.63) is 63.4 Å². The highest BCUT2D eigenvalue weighted by molar-refractivity contribution is 7.19. The van der Waals surface area contributed by atoms with E-state index in [9.17, 15) is 9.59 Å². The number of amides is 1. The molecule has 5 N–H and O–H groups in total. The number of pyridine rings is 1. The van der Waals surface area contributed by atoms with Crippen molar-refractivity contribution in [2.45, 2.75) is 13.0 Å². The van der Waals surface area contributed by atoms with Crippen molar-refractivity contribution in [1.29, 1.82) is 5.41 Å². The van der Waals surface area contributed by atoms with Crippen LogP contribution in [-0.2, 0) is 20.0 Å². The van der Waals surface area contributed by atoms with E-state index in [2.05, 4.69) is 15.1 Å². The average Bonchev–Trinajstić information content (AvgIpc) is 3.23. The quantitative estimate of drug-likeness (QED) is 0.392. The molecule has 0 spiro atoms. The summed E-state index contributed by atoms with van der Waals surface area (Å²) in [4.78, 5) is 33.2. The second kappa shape index (κ2) is 7.52. The maximum atomic E-state index is 13.1. The summed E-state index contributed by atoms with van der Waals surface area (Å²) < 4.78 is 3.88. The predicted molar refractivity (Wildman–Crippen MR) is 115 cm³/mol. The summed E-state index contributed by atoms with van der Waals surface area (Å²) in [5.41, 5.74) is 12.5. The molecule has 0 aliphatic carbocycles. The SMILES string of the molecule is Cn1c2nc(CC(=N)/C=C\N)sc2c2cnn(Cc3cccc(C(N)=O)n3)c(=O)c21. The van der Waals surface area contributed by atoms with Crippen LogP contribution in [0.5, 0.6) is 0 Å². The van der Waals surface area contributed by atoms with Crippen molar-refractivity contribution in [1.82, 2.24) is 24.3 Å². The molecule has 0 saturated carbocycles. The zero-order valence-corrected chi connectivity index (χ0v) is 16.8. The Labute approximate surface area is 174 Å². The first kappa shape index (κ1) is 19.5. The van der Waals surface area contributed by atoms with Gasteiger partial charge in [-0.3, -0.25) is 9.59 Å². The van der Waals surface area contributed by atoms with Gasteiger partial charge in [0.25, 0.3) is 11.5 Å². The molecule has 0 aliphatic rings. The summed E-state index contributed by atoms with van der Waals surface area (Å²) in [6.45, 7) is 0.107. The van der Waals surface area contributed by atoms with Crippen molar-refractivity contribution in [2.75, 3.05) is 0 Å². The van der Waals surface area contributed by atoms with Gasteiger partial charge in [0.05, 0.1) is 23.1 Å². The number of hydrogen-bond acceptors (Lipinski definition) is 8. The Morgan fingerprint density at radius 3 is 2.87 bits per heavy atom. The number of carbonyl (C=O) groups excluding carboxylic acids is 1. The standard InChI is InChI=1S/C19H18N8O2S/c1-26-15-12(16-18(26)25-14(30-16)7-10(21)5-6-20)8-23-27(19(15)29)9-11-3-2-4-13(24-11)17(22)28/h2-6,8,21H,7,9,20H2,1H3,(H2,22,28)/b6-5-,21-10?. The number of nitrogens with one attached hydrogen (secondary N) is 1. The Morgan fingerprint density at radius 2 is 2.13 bits per heavy atom. The first-order valence-electron chi connectivity index (χ1n) is 8.94. The number of carbonyl (C=O) groups is 1. The first-order valence-corrected chi connectivity index (χ1v) is 9.76. The van der Waals surface area contributed by atoms with Gasteiger partial charge in [-0.25, -0.2) is 14.6 Å². The number of primary amides is 1. The summed E-state index contributed by atoms with van der Waals surface area (Å²) in [5.74, 6) is -0.632. The number of hydrogen-bond donors (Lipinski definition) is 3. The van der Waals surface area contributed by atoms with Crippen LogP contribution in [0.4, 0.5) is 0 Å². The van der Waals surface area contributed by atoms with Gasteiger partial charge in [-0.05, 0) is 24.4 Å². The van der Waals surface area contributed by atoms with Crippen molar-refractivity contribution < 1.29 is 4.79 Å². The third-order valence-corrected chi connectivity index (χ3v) is 5.66. The van der Waals surface area contributed by atoms with Gasteiger partial charge in [-0.2, -0.15) is 5.10 Å². The van der Waals surface area contributed by atoms with E-state index < -0.39 is 5.91 Å². The van der Waals surface area contributed by atoms with Gasteiger partial charge in [0.1, 0.15) is 16.2 Å². The Bertz CT molecular complexity index is 1400. The van der Waals surface area contributed by atoms with Gasteiger partial charge in [0.2, 0.25) is 0 Å². The molecule has 0 aliphatic heterocycles. The molecular formula is C19H18N8O2S. The molecule has 11 heteroatoms. The molecule has 0 atom stereocenters. The molecule has 0 saturated heterocycles. The number of aryl methyl sites for hydroxylation is 1. The molecule has 4 aromatic heterocycles. The fraction of sp³-hybridized carbons (Fsp3) is 0.158. The summed E-state index contributed by atoms with van der Waals surface area (Å²) in [5, 5.41) is 13.6. The number of thiazole rings is 1. The topological polar surface area (TPSA) is 159 Å². The van der Waals surface area contributed by atoms with E-state index in [1.54, 1.807) is 29.9 Å². The van der Waals surface area contributed by atoms with E-state index in [0.717, 1.165) is 9.71 Å². The van der Waals surface area contributed by atoms with E-state index in [1.165, 1.54) is 34.4 Å². The molecule has 1 amide bonds. The number of aromatic nitrogens is 5. The summed E-state index contributed by atoms with van der Waals surface area (Å²) in [7, 11) is 1.77. The Hall–Kier alpha value is -3.86. The first-order chi connectivity index (χ1) is 14.4. The van der Waals surface area contributed by atoms with Crippen molar-refractivity contribution in [2.24, 2.45) is 18.5 Å². The highest BCUT2D eigenvalue weighted by Crippen LogP contribution is 2.31. The predicted octanol–water partition coefficient (Wildman–Crippen LogP) is 0.922. The number of fused-ring (bicyclic) bond motifs is 3. The third-order valence-electron chi connectivity index (χ3n) is 4.58. The average molecular weight is 422 g/mol. The Kier molecular flexibility index (Phi) is 4.88. The number of nitrogens with zero attached hydrogens (tertiary/aromatic N) is 5. The van der Waals surface area contributed by atoms with Crippen LogP contribution in [0.1, 0.15) is 21.2 Å². The maximum Gasteiger partial charge on any atom is 0.291 e. The number of rotatable bonds is 6. The monoisotopic (exact) mass is 422 g/mol. The lowest BCUT2D eigenvalue weighted by Crippen LogP contribution is -2.25. The Morgan fingerprint density at radius 1 is 1.33 bits per heavy atom. The molecule has 4 aromatic rings. The lowest BCUT2D eigenvalue weighted by Gasteiger charge is -2.06. The van der Waals surface area contributed by atoms with Crippen molar-refractivity contribution >= 4 is 44.2 Å². The fourth-order valence-electron chi connectivity index (χ4n) is 3.22. The molecule has 4 heterocycles.